The predicted octanol–water partition coefficient (Wildman–Crippen LogP) is 2.48. The van der Waals surface area contributed by atoms with E-state index in [1.807, 2.05) is 0 Å². The molecule has 4 nitrogen and oxygen atoms in total. The predicted molar refractivity (Wildman–Crippen MR) is 75.4 cm³/mol. The molecule has 1 aromatic rings. The minimum Gasteiger partial charge on any atom is -0.496 e. The second kappa shape index (κ2) is 6.35. The fourth-order valence-corrected chi connectivity index (χ4v) is 3.32. The Kier molecular flexibility index (Phi) is 5.28. The third-order valence-corrected chi connectivity index (χ3v) is 5.64. The Bertz CT molecular complexity index is 593. The average Bonchev–Trinajstić information content (AvgIpc) is 2.37. The number of halogens is 1. The van der Waals surface area contributed by atoms with E-state index in [4.69, 9.17) is 4.74 Å². The van der Waals surface area contributed by atoms with Crippen LogP contribution in [0.5, 0.6) is 5.75 Å². The molecular weight excluding hydrogens is 283 g/mol. The van der Waals surface area contributed by atoms with Crippen LogP contribution in [0, 0.1) is 11.7 Å². The van der Waals surface area contributed by atoms with Crippen molar-refractivity contribution in [1.82, 2.24) is 0 Å². The molecule has 1 unspecified atom stereocenters. The molecule has 0 saturated heterocycles. The fraction of sp³-hybridized carbons (Fsp3) is 0.500. The van der Waals surface area contributed by atoms with Crippen LogP contribution in [0.4, 0.5) is 4.39 Å². The van der Waals surface area contributed by atoms with Crippen molar-refractivity contribution < 1.29 is 22.3 Å². The van der Waals surface area contributed by atoms with Crippen molar-refractivity contribution in [2.45, 2.75) is 26.0 Å². The molecule has 0 aliphatic rings. The largest absolute Gasteiger partial charge is 0.496 e. The number of hydrogen-bond donors (Lipinski definition) is 0. The van der Waals surface area contributed by atoms with Crippen molar-refractivity contribution in [1.29, 1.82) is 0 Å². The number of carbonyl (C=O) groups excluding carboxylic acids is 1. The molecule has 0 saturated carbocycles. The van der Waals surface area contributed by atoms with Crippen LogP contribution in [-0.2, 0) is 9.84 Å². The third kappa shape index (κ3) is 3.79. The van der Waals surface area contributed by atoms with Crippen LogP contribution < -0.4 is 4.74 Å². The van der Waals surface area contributed by atoms with Crippen LogP contribution in [0.2, 0.25) is 0 Å². The zero-order valence-corrected chi connectivity index (χ0v) is 12.8. The van der Waals surface area contributed by atoms with E-state index >= 15 is 0 Å². The lowest BCUT2D eigenvalue weighted by molar-refractivity contribution is 0.101. The smallest absolute Gasteiger partial charge is 0.181 e. The maximum atomic E-state index is 13.2. The van der Waals surface area contributed by atoms with Gasteiger partial charge in [-0.25, -0.2) is 12.8 Å². The molecule has 0 spiro atoms. The molecule has 0 aliphatic heterocycles. The summed E-state index contributed by atoms with van der Waals surface area (Å²) in [5.41, 5.74) is -0.0490. The Balaban J connectivity index is 3.06. The molecule has 0 amide bonds. The SMILES string of the molecule is COc1ccc(F)cc1C(=O)CS(=O)(=O)C(C)C(C)C. The number of ether oxygens (including phenoxy) is 1. The summed E-state index contributed by atoms with van der Waals surface area (Å²) in [6.45, 7) is 5.11. The third-order valence-electron chi connectivity index (χ3n) is 3.30. The molecule has 0 N–H and O–H groups in total. The van der Waals surface area contributed by atoms with E-state index in [1.165, 1.54) is 13.2 Å². The van der Waals surface area contributed by atoms with Gasteiger partial charge in [0.2, 0.25) is 0 Å². The highest BCUT2D eigenvalue weighted by molar-refractivity contribution is 7.92. The van der Waals surface area contributed by atoms with Crippen LogP contribution in [0.25, 0.3) is 0 Å². The van der Waals surface area contributed by atoms with Gasteiger partial charge in [0, 0.05) is 0 Å². The van der Waals surface area contributed by atoms with E-state index in [0.717, 1.165) is 12.1 Å². The van der Waals surface area contributed by atoms with Crippen molar-refractivity contribution >= 4 is 15.6 Å². The average molecular weight is 302 g/mol. The summed E-state index contributed by atoms with van der Waals surface area (Å²) in [5, 5.41) is -0.633. The fourth-order valence-electron chi connectivity index (χ4n) is 1.70. The Morgan fingerprint density at radius 1 is 1.30 bits per heavy atom. The lowest BCUT2D eigenvalue weighted by Crippen LogP contribution is -2.29. The lowest BCUT2D eigenvalue weighted by atomic mass is 10.1. The van der Waals surface area contributed by atoms with Crippen LogP contribution in [-0.4, -0.2) is 32.3 Å². The van der Waals surface area contributed by atoms with Gasteiger partial charge in [0.1, 0.15) is 17.3 Å². The first-order valence-electron chi connectivity index (χ1n) is 6.27. The maximum Gasteiger partial charge on any atom is 0.181 e. The summed E-state index contributed by atoms with van der Waals surface area (Å²) >= 11 is 0. The zero-order valence-electron chi connectivity index (χ0n) is 12.0. The summed E-state index contributed by atoms with van der Waals surface area (Å²) in [7, 11) is -2.23. The van der Waals surface area contributed by atoms with Gasteiger partial charge >= 0.3 is 0 Å². The molecule has 1 atom stereocenters. The highest BCUT2D eigenvalue weighted by Gasteiger charge is 2.28. The van der Waals surface area contributed by atoms with E-state index < -0.39 is 32.4 Å². The Morgan fingerprint density at radius 3 is 2.40 bits per heavy atom. The minimum atomic E-state index is -3.57. The second-order valence-corrected chi connectivity index (χ2v) is 7.38. The molecule has 0 heterocycles. The van der Waals surface area contributed by atoms with Crippen LogP contribution in [0.15, 0.2) is 18.2 Å². The Labute approximate surface area is 118 Å². The number of Topliss-reactive ketones (excluding diaryl/α,β-unsaturated/α-hetero) is 1. The molecule has 20 heavy (non-hydrogen) atoms. The number of benzene rings is 1. The molecule has 112 valence electrons. The van der Waals surface area contributed by atoms with Gasteiger partial charge in [-0.15, -0.1) is 0 Å². The summed E-state index contributed by atoms with van der Waals surface area (Å²) in [6, 6.07) is 3.46. The van der Waals surface area contributed by atoms with Gasteiger partial charge in [-0.05, 0) is 31.0 Å². The number of hydrogen-bond acceptors (Lipinski definition) is 4. The monoisotopic (exact) mass is 302 g/mol. The number of rotatable bonds is 6. The minimum absolute atomic E-state index is 0.0490. The van der Waals surface area contributed by atoms with E-state index in [1.54, 1.807) is 20.8 Å². The standard InChI is InChI=1S/C14H19FO4S/c1-9(2)10(3)20(17,18)8-13(16)12-7-11(15)5-6-14(12)19-4/h5-7,9-10H,8H2,1-4H3. The van der Waals surface area contributed by atoms with E-state index in [2.05, 4.69) is 0 Å². The van der Waals surface area contributed by atoms with Gasteiger partial charge < -0.3 is 4.74 Å². The van der Waals surface area contributed by atoms with Crippen molar-refractivity contribution in [2.24, 2.45) is 5.92 Å². The molecule has 1 aromatic carbocycles. The first-order valence-corrected chi connectivity index (χ1v) is 7.99. The number of carbonyl (C=O) groups is 1. The summed E-state index contributed by atoms with van der Waals surface area (Å²) < 4.78 is 42.3. The van der Waals surface area contributed by atoms with Gasteiger partial charge in [0.05, 0.1) is 17.9 Å². The Hall–Kier alpha value is -1.43. The molecule has 0 radical (unpaired) electrons. The second-order valence-electron chi connectivity index (χ2n) is 5.02. The van der Waals surface area contributed by atoms with Crippen molar-refractivity contribution in [3.05, 3.63) is 29.6 Å². The van der Waals surface area contributed by atoms with Crippen molar-refractivity contribution in [3.63, 3.8) is 0 Å². The summed E-state index contributed by atoms with van der Waals surface area (Å²) in [6.07, 6.45) is 0. The van der Waals surface area contributed by atoms with Gasteiger partial charge in [0.15, 0.2) is 15.6 Å². The molecule has 0 bridgehead atoms. The molecular formula is C14H19FO4S. The highest BCUT2D eigenvalue weighted by atomic mass is 32.2. The normalized spacial score (nSPS) is 13.3. The lowest BCUT2D eigenvalue weighted by Gasteiger charge is -2.16. The number of sulfone groups is 1. The van der Waals surface area contributed by atoms with Crippen LogP contribution in [0.3, 0.4) is 0 Å². The maximum absolute atomic E-state index is 13.2. The van der Waals surface area contributed by atoms with E-state index in [-0.39, 0.29) is 17.2 Å². The van der Waals surface area contributed by atoms with Gasteiger partial charge in [-0.1, -0.05) is 13.8 Å². The van der Waals surface area contributed by atoms with Crippen LogP contribution in [0.1, 0.15) is 31.1 Å². The van der Waals surface area contributed by atoms with Crippen LogP contribution >= 0.6 is 0 Å². The molecule has 0 aliphatic carbocycles. The molecule has 0 fully saturated rings. The van der Waals surface area contributed by atoms with E-state index in [9.17, 15) is 17.6 Å². The van der Waals surface area contributed by atoms with Gasteiger partial charge in [-0.3, -0.25) is 4.79 Å². The topological polar surface area (TPSA) is 60.4 Å². The first-order chi connectivity index (χ1) is 9.19. The zero-order chi connectivity index (χ0) is 15.5. The highest BCUT2D eigenvalue weighted by Crippen LogP contribution is 2.22. The molecule has 0 aromatic heterocycles. The van der Waals surface area contributed by atoms with E-state index in [0.29, 0.717) is 0 Å². The van der Waals surface area contributed by atoms with Gasteiger partial charge in [-0.2, -0.15) is 0 Å². The molecule has 1 rings (SSSR count). The molecule has 6 heteroatoms. The summed E-state index contributed by atoms with van der Waals surface area (Å²) in [4.78, 5) is 12.1. The number of methoxy groups -OCH3 is 1. The Morgan fingerprint density at radius 2 is 1.90 bits per heavy atom. The quantitative estimate of drug-likeness (QED) is 0.757. The van der Waals surface area contributed by atoms with Crippen molar-refractivity contribution in [3.8, 4) is 5.75 Å². The number of ketones is 1. The van der Waals surface area contributed by atoms with Crippen molar-refractivity contribution in [2.75, 3.05) is 12.9 Å². The first kappa shape index (κ1) is 16.6. The summed E-state index contributed by atoms with van der Waals surface area (Å²) in [5.74, 6) is -1.84. The van der Waals surface area contributed by atoms with Gasteiger partial charge in [0.25, 0.3) is 0 Å².